The van der Waals surface area contributed by atoms with Gasteiger partial charge in [-0.25, -0.2) is 0 Å². The zero-order valence-electron chi connectivity index (χ0n) is 12.7. The van der Waals surface area contributed by atoms with Crippen molar-refractivity contribution in [1.29, 1.82) is 0 Å². The molecule has 0 radical (unpaired) electrons. The molecule has 1 aromatic carbocycles. The van der Waals surface area contributed by atoms with Crippen molar-refractivity contribution in [2.24, 2.45) is 0 Å². The van der Waals surface area contributed by atoms with Crippen molar-refractivity contribution < 1.29 is 0 Å². The van der Waals surface area contributed by atoms with Gasteiger partial charge in [0.05, 0.1) is 0 Å². The average molecular weight is 445 g/mol. The van der Waals surface area contributed by atoms with Crippen LogP contribution >= 0.6 is 47.4 Å². The van der Waals surface area contributed by atoms with Gasteiger partial charge < -0.3 is 5.32 Å². The number of rotatable bonds is 6. The molecule has 1 saturated heterocycles. The van der Waals surface area contributed by atoms with Crippen LogP contribution in [-0.4, -0.2) is 31.1 Å². The molecule has 1 aromatic rings. The number of hydrogen-bond acceptors (Lipinski definition) is 2. The summed E-state index contributed by atoms with van der Waals surface area (Å²) < 4.78 is 1.33. The van der Waals surface area contributed by atoms with Crippen molar-refractivity contribution in [1.82, 2.24) is 10.2 Å². The standard InChI is InChI=1S/C16H25IN2.2ClH/c1-2-3-4-5-16(19-12-10-18-11-13-19)14-6-8-15(17)9-7-14;;/h6-9,16,18H,2-5,10-13H2,1H3;2*1H/t16-;;/m0../s1. The van der Waals surface area contributed by atoms with Gasteiger partial charge in [0.25, 0.3) is 0 Å². The Hall–Kier alpha value is 0.450. The molecule has 1 heterocycles. The van der Waals surface area contributed by atoms with E-state index in [0.717, 1.165) is 13.1 Å². The molecule has 1 atom stereocenters. The van der Waals surface area contributed by atoms with E-state index in [9.17, 15) is 0 Å². The van der Waals surface area contributed by atoms with Gasteiger partial charge in [-0.3, -0.25) is 4.90 Å². The molecular weight excluding hydrogens is 418 g/mol. The van der Waals surface area contributed by atoms with E-state index in [1.807, 2.05) is 0 Å². The Morgan fingerprint density at radius 2 is 1.71 bits per heavy atom. The van der Waals surface area contributed by atoms with Crippen molar-refractivity contribution in [3.05, 3.63) is 33.4 Å². The Balaban J connectivity index is 0.00000200. The van der Waals surface area contributed by atoms with Crippen LogP contribution in [0.4, 0.5) is 0 Å². The molecule has 2 nitrogen and oxygen atoms in total. The van der Waals surface area contributed by atoms with E-state index in [0.29, 0.717) is 6.04 Å². The summed E-state index contributed by atoms with van der Waals surface area (Å²) in [4.78, 5) is 2.66. The van der Waals surface area contributed by atoms with Gasteiger partial charge >= 0.3 is 0 Å². The molecule has 21 heavy (non-hydrogen) atoms. The molecule has 5 heteroatoms. The third-order valence-corrected chi connectivity index (χ3v) is 4.65. The predicted octanol–water partition coefficient (Wildman–Crippen LogP) is 4.66. The first-order valence-electron chi connectivity index (χ1n) is 7.51. The van der Waals surface area contributed by atoms with Crippen LogP contribution in [0.1, 0.15) is 44.2 Å². The molecule has 1 fully saturated rings. The second kappa shape index (κ2) is 11.9. The molecule has 1 aliphatic rings. The van der Waals surface area contributed by atoms with Crippen molar-refractivity contribution in [3.8, 4) is 0 Å². The summed E-state index contributed by atoms with van der Waals surface area (Å²) in [6, 6.07) is 9.74. The van der Waals surface area contributed by atoms with E-state index in [4.69, 9.17) is 0 Å². The predicted molar refractivity (Wildman–Crippen MR) is 105 cm³/mol. The van der Waals surface area contributed by atoms with Crippen LogP contribution in [0.15, 0.2) is 24.3 Å². The minimum Gasteiger partial charge on any atom is -0.314 e. The summed E-state index contributed by atoms with van der Waals surface area (Å²) in [5, 5.41) is 3.45. The maximum atomic E-state index is 3.45. The third-order valence-electron chi connectivity index (χ3n) is 3.93. The second-order valence-electron chi connectivity index (χ2n) is 5.35. The van der Waals surface area contributed by atoms with Crippen LogP contribution in [0.3, 0.4) is 0 Å². The molecule has 2 rings (SSSR count). The second-order valence-corrected chi connectivity index (χ2v) is 6.59. The highest BCUT2D eigenvalue weighted by atomic mass is 127. The number of piperazine rings is 1. The smallest absolute Gasteiger partial charge is 0.0349 e. The zero-order chi connectivity index (χ0) is 13.5. The molecule has 1 N–H and O–H groups in total. The average Bonchev–Trinajstić information content (AvgIpc) is 2.46. The summed E-state index contributed by atoms with van der Waals surface area (Å²) in [6.45, 7) is 6.92. The van der Waals surface area contributed by atoms with Gasteiger partial charge in [0.1, 0.15) is 0 Å². The van der Waals surface area contributed by atoms with E-state index in [1.165, 1.54) is 47.9 Å². The number of benzene rings is 1. The van der Waals surface area contributed by atoms with E-state index >= 15 is 0 Å². The Labute approximate surface area is 155 Å². The summed E-state index contributed by atoms with van der Waals surface area (Å²) in [5.41, 5.74) is 1.50. The van der Waals surface area contributed by atoms with E-state index < -0.39 is 0 Å². The van der Waals surface area contributed by atoms with Crippen LogP contribution < -0.4 is 5.32 Å². The van der Waals surface area contributed by atoms with Gasteiger partial charge in [-0.1, -0.05) is 38.3 Å². The van der Waals surface area contributed by atoms with Crippen LogP contribution in [-0.2, 0) is 0 Å². The molecule has 0 bridgehead atoms. The lowest BCUT2D eigenvalue weighted by Crippen LogP contribution is -2.45. The largest absolute Gasteiger partial charge is 0.314 e. The van der Waals surface area contributed by atoms with E-state index in [1.54, 1.807) is 0 Å². The number of hydrogen-bond donors (Lipinski definition) is 1. The maximum absolute atomic E-state index is 3.45. The minimum atomic E-state index is 0. The Kier molecular flexibility index (Phi) is 12.2. The summed E-state index contributed by atoms with van der Waals surface area (Å²) in [6.07, 6.45) is 5.30. The Morgan fingerprint density at radius 3 is 2.29 bits per heavy atom. The summed E-state index contributed by atoms with van der Waals surface area (Å²) in [7, 11) is 0. The topological polar surface area (TPSA) is 15.3 Å². The maximum Gasteiger partial charge on any atom is 0.0349 e. The first-order chi connectivity index (χ1) is 9.31. The fraction of sp³-hybridized carbons (Fsp3) is 0.625. The lowest BCUT2D eigenvalue weighted by atomic mass is 9.98. The van der Waals surface area contributed by atoms with E-state index in [-0.39, 0.29) is 24.8 Å². The zero-order valence-corrected chi connectivity index (χ0v) is 16.5. The number of nitrogens with zero attached hydrogens (tertiary/aromatic N) is 1. The van der Waals surface area contributed by atoms with E-state index in [2.05, 4.69) is 64.0 Å². The van der Waals surface area contributed by atoms with Gasteiger partial charge in [0.15, 0.2) is 0 Å². The van der Waals surface area contributed by atoms with Crippen LogP contribution in [0.2, 0.25) is 0 Å². The van der Waals surface area contributed by atoms with Crippen molar-refractivity contribution in [2.75, 3.05) is 26.2 Å². The van der Waals surface area contributed by atoms with Gasteiger partial charge in [-0.2, -0.15) is 0 Å². The lowest BCUT2D eigenvalue weighted by molar-refractivity contribution is 0.162. The van der Waals surface area contributed by atoms with Crippen LogP contribution in [0, 0.1) is 3.57 Å². The molecule has 0 unspecified atom stereocenters. The van der Waals surface area contributed by atoms with Crippen molar-refractivity contribution in [2.45, 2.75) is 38.6 Å². The SMILES string of the molecule is CCCCC[C@@H](c1ccc(I)cc1)N1CCNCC1.Cl.Cl. The van der Waals surface area contributed by atoms with Gasteiger partial charge in [0, 0.05) is 35.8 Å². The van der Waals surface area contributed by atoms with Gasteiger partial charge in [-0.05, 0) is 46.7 Å². The molecule has 0 spiro atoms. The Bertz CT molecular complexity index is 367. The minimum absolute atomic E-state index is 0. The Morgan fingerprint density at radius 1 is 1.10 bits per heavy atom. The first-order valence-corrected chi connectivity index (χ1v) is 8.59. The monoisotopic (exact) mass is 444 g/mol. The van der Waals surface area contributed by atoms with Gasteiger partial charge in [-0.15, -0.1) is 24.8 Å². The fourth-order valence-corrected chi connectivity index (χ4v) is 3.19. The number of halogens is 3. The molecule has 0 saturated carbocycles. The van der Waals surface area contributed by atoms with Crippen LogP contribution in [0.5, 0.6) is 0 Å². The fourth-order valence-electron chi connectivity index (χ4n) is 2.83. The number of nitrogens with one attached hydrogen (secondary N) is 1. The van der Waals surface area contributed by atoms with Crippen molar-refractivity contribution >= 4 is 47.4 Å². The molecular formula is C16H27Cl2IN2. The summed E-state index contributed by atoms with van der Waals surface area (Å²) >= 11 is 2.39. The summed E-state index contributed by atoms with van der Waals surface area (Å²) in [5.74, 6) is 0. The first kappa shape index (κ1) is 21.4. The molecule has 0 aromatic heterocycles. The molecule has 0 aliphatic carbocycles. The molecule has 122 valence electrons. The quantitative estimate of drug-likeness (QED) is 0.506. The van der Waals surface area contributed by atoms with Gasteiger partial charge in [0.2, 0.25) is 0 Å². The molecule has 0 amide bonds. The highest BCUT2D eigenvalue weighted by molar-refractivity contribution is 14.1. The van der Waals surface area contributed by atoms with Crippen LogP contribution in [0.25, 0.3) is 0 Å². The highest BCUT2D eigenvalue weighted by Crippen LogP contribution is 2.27. The normalized spacial score (nSPS) is 16.7. The molecule has 1 aliphatic heterocycles. The third kappa shape index (κ3) is 7.04. The highest BCUT2D eigenvalue weighted by Gasteiger charge is 2.21. The van der Waals surface area contributed by atoms with Crippen molar-refractivity contribution in [3.63, 3.8) is 0 Å². The lowest BCUT2D eigenvalue weighted by Gasteiger charge is -2.35. The number of unbranched alkanes of at least 4 members (excludes halogenated alkanes) is 2.